The molecule has 6 heteroatoms. The quantitative estimate of drug-likeness (QED) is 0.769. The van der Waals surface area contributed by atoms with Gasteiger partial charge in [0.1, 0.15) is 6.17 Å². The molecule has 0 amide bonds. The van der Waals surface area contributed by atoms with Crippen molar-refractivity contribution in [2.45, 2.75) is 37.4 Å². The van der Waals surface area contributed by atoms with Gasteiger partial charge in [0.2, 0.25) is 0 Å². The van der Waals surface area contributed by atoms with Crippen molar-refractivity contribution in [3.8, 4) is 0 Å². The smallest absolute Gasteiger partial charge is 0.294 e. The number of aryl methyl sites for hydroxylation is 1. The molecular weight excluding hydrogens is 257 g/mol. The highest BCUT2D eigenvalue weighted by Gasteiger charge is 2.18. The summed E-state index contributed by atoms with van der Waals surface area (Å²) in [4.78, 5) is -0.0666. The summed E-state index contributed by atoms with van der Waals surface area (Å²) in [5, 5.41) is 2.99. The van der Waals surface area contributed by atoms with E-state index >= 15 is 0 Å². The molecule has 1 aliphatic rings. The highest BCUT2D eigenvalue weighted by atomic mass is 32.2. The van der Waals surface area contributed by atoms with Crippen LogP contribution in [0.15, 0.2) is 29.2 Å². The molecule has 4 nitrogen and oxygen atoms in total. The second-order valence-electron chi connectivity index (χ2n) is 4.43. The lowest BCUT2D eigenvalue weighted by Crippen LogP contribution is -2.16. The molecule has 2 unspecified atom stereocenters. The van der Waals surface area contributed by atoms with Gasteiger partial charge in [-0.15, -0.1) is 0 Å². The van der Waals surface area contributed by atoms with Crippen LogP contribution in [0, 0.1) is 6.92 Å². The van der Waals surface area contributed by atoms with E-state index < -0.39 is 16.3 Å². The van der Waals surface area contributed by atoms with Crippen LogP contribution in [0.5, 0.6) is 0 Å². The highest BCUT2D eigenvalue weighted by Crippen LogP contribution is 2.08. The summed E-state index contributed by atoms with van der Waals surface area (Å²) in [7, 11) is -4.02. The predicted molar refractivity (Wildman–Crippen MR) is 68.0 cm³/mol. The van der Waals surface area contributed by atoms with E-state index in [1.807, 2.05) is 13.8 Å². The van der Waals surface area contributed by atoms with E-state index in [0.717, 1.165) is 5.56 Å². The number of hydrogen-bond acceptors (Lipinski definition) is 3. The normalized spacial score (nSPS) is 23.3. The molecule has 18 heavy (non-hydrogen) atoms. The fourth-order valence-corrected chi connectivity index (χ4v) is 2.07. The van der Waals surface area contributed by atoms with E-state index in [-0.39, 0.29) is 4.90 Å². The average Bonchev–Trinajstić information content (AvgIpc) is 2.62. The Balaban J connectivity index is 0.000000199. The van der Waals surface area contributed by atoms with Crippen LogP contribution in [-0.4, -0.2) is 31.7 Å². The van der Waals surface area contributed by atoms with Crippen molar-refractivity contribution in [1.29, 1.82) is 0 Å². The number of halogens is 1. The molecule has 2 N–H and O–H groups in total. The second kappa shape index (κ2) is 6.26. The lowest BCUT2D eigenvalue weighted by atomic mass is 10.2. The Kier molecular flexibility index (Phi) is 5.25. The van der Waals surface area contributed by atoms with E-state index in [9.17, 15) is 12.8 Å². The Hall–Kier alpha value is -0.980. The van der Waals surface area contributed by atoms with E-state index in [1.165, 1.54) is 12.1 Å². The van der Waals surface area contributed by atoms with Crippen LogP contribution < -0.4 is 5.32 Å². The first-order valence-corrected chi connectivity index (χ1v) is 7.14. The van der Waals surface area contributed by atoms with Crippen molar-refractivity contribution >= 4 is 10.1 Å². The van der Waals surface area contributed by atoms with Gasteiger partial charge in [-0.25, -0.2) is 4.39 Å². The van der Waals surface area contributed by atoms with Crippen molar-refractivity contribution in [3.63, 3.8) is 0 Å². The fraction of sp³-hybridized carbons (Fsp3) is 0.500. The average molecular weight is 275 g/mol. The third-order valence-electron chi connectivity index (χ3n) is 2.62. The third kappa shape index (κ3) is 5.12. The molecule has 0 aliphatic carbocycles. The maximum absolute atomic E-state index is 12.1. The monoisotopic (exact) mass is 275 g/mol. The number of rotatable bonds is 1. The molecule has 1 fully saturated rings. The van der Waals surface area contributed by atoms with Crippen LogP contribution in [-0.2, 0) is 10.1 Å². The summed E-state index contributed by atoms with van der Waals surface area (Å²) < 4.78 is 41.7. The number of benzene rings is 1. The summed E-state index contributed by atoms with van der Waals surface area (Å²) in [6.45, 7) is 4.40. The zero-order valence-corrected chi connectivity index (χ0v) is 11.2. The summed E-state index contributed by atoms with van der Waals surface area (Å²) in [5.74, 6) is 0. The molecule has 1 saturated heterocycles. The zero-order valence-electron chi connectivity index (χ0n) is 10.4. The zero-order chi connectivity index (χ0) is 13.8. The Morgan fingerprint density at radius 1 is 1.33 bits per heavy atom. The van der Waals surface area contributed by atoms with Gasteiger partial charge in [-0.05, 0) is 32.4 Å². The molecule has 0 bridgehead atoms. The minimum atomic E-state index is -4.02. The molecule has 1 aliphatic heterocycles. The minimum Gasteiger partial charge on any atom is -0.311 e. The van der Waals surface area contributed by atoms with Crippen LogP contribution in [0.4, 0.5) is 4.39 Å². The van der Waals surface area contributed by atoms with Gasteiger partial charge in [-0.2, -0.15) is 8.42 Å². The van der Waals surface area contributed by atoms with Crippen molar-refractivity contribution in [2.75, 3.05) is 6.54 Å². The molecular formula is C12H18FNO3S. The van der Waals surface area contributed by atoms with Gasteiger partial charge in [-0.1, -0.05) is 17.7 Å². The van der Waals surface area contributed by atoms with Crippen LogP contribution in [0.1, 0.15) is 18.9 Å². The fourth-order valence-electron chi connectivity index (χ4n) is 1.59. The SMILES string of the molecule is CC1CC(F)CN1.Cc1ccc(S(=O)(=O)O)cc1. The van der Waals surface area contributed by atoms with Crippen molar-refractivity contribution < 1.29 is 17.4 Å². The van der Waals surface area contributed by atoms with Crippen LogP contribution in [0.2, 0.25) is 0 Å². The molecule has 1 heterocycles. The lowest BCUT2D eigenvalue weighted by Gasteiger charge is -1.95. The van der Waals surface area contributed by atoms with E-state index in [0.29, 0.717) is 19.0 Å². The van der Waals surface area contributed by atoms with Crippen molar-refractivity contribution in [2.24, 2.45) is 0 Å². The van der Waals surface area contributed by atoms with Gasteiger partial charge < -0.3 is 5.32 Å². The molecule has 0 spiro atoms. The second-order valence-corrected chi connectivity index (χ2v) is 5.85. The van der Waals surface area contributed by atoms with E-state index in [4.69, 9.17) is 4.55 Å². The lowest BCUT2D eigenvalue weighted by molar-refractivity contribution is 0.357. The number of alkyl halides is 1. The van der Waals surface area contributed by atoms with Crippen molar-refractivity contribution in [1.82, 2.24) is 5.32 Å². The molecule has 1 aromatic carbocycles. The molecule has 1 aromatic rings. The topological polar surface area (TPSA) is 66.4 Å². The third-order valence-corrected chi connectivity index (χ3v) is 3.48. The van der Waals surface area contributed by atoms with Gasteiger partial charge in [-0.3, -0.25) is 4.55 Å². The van der Waals surface area contributed by atoms with Gasteiger partial charge >= 0.3 is 0 Å². The minimum absolute atomic E-state index is 0.0666. The highest BCUT2D eigenvalue weighted by molar-refractivity contribution is 7.85. The molecule has 0 radical (unpaired) electrons. The Morgan fingerprint density at radius 2 is 1.89 bits per heavy atom. The molecule has 102 valence electrons. The molecule has 2 rings (SSSR count). The number of nitrogens with one attached hydrogen (secondary N) is 1. The predicted octanol–water partition coefficient (Wildman–Crippen LogP) is 1.95. The van der Waals surface area contributed by atoms with Crippen LogP contribution >= 0.6 is 0 Å². The maximum atomic E-state index is 12.1. The first-order chi connectivity index (χ1) is 8.29. The van der Waals surface area contributed by atoms with Gasteiger partial charge in [0.05, 0.1) is 4.90 Å². The molecule has 0 saturated carbocycles. The summed E-state index contributed by atoms with van der Waals surface area (Å²) in [5.41, 5.74) is 0.956. The Labute approximate surface area is 107 Å². The first kappa shape index (κ1) is 15.1. The van der Waals surface area contributed by atoms with Gasteiger partial charge in [0, 0.05) is 12.6 Å². The van der Waals surface area contributed by atoms with E-state index in [2.05, 4.69) is 5.32 Å². The van der Waals surface area contributed by atoms with Crippen LogP contribution in [0.25, 0.3) is 0 Å². The standard InChI is InChI=1S/C7H8O3S.C5H10FN/c1-6-2-4-7(5-3-6)11(8,9)10;1-4-2-5(6)3-7-4/h2-5H,1H3,(H,8,9,10);4-5,7H,2-3H2,1H3. The molecule has 0 aromatic heterocycles. The maximum Gasteiger partial charge on any atom is 0.294 e. The largest absolute Gasteiger partial charge is 0.311 e. The van der Waals surface area contributed by atoms with Gasteiger partial charge in [0.25, 0.3) is 10.1 Å². The first-order valence-electron chi connectivity index (χ1n) is 5.70. The van der Waals surface area contributed by atoms with E-state index in [1.54, 1.807) is 12.1 Å². The van der Waals surface area contributed by atoms with Gasteiger partial charge in [0.15, 0.2) is 0 Å². The summed E-state index contributed by atoms with van der Waals surface area (Å²) >= 11 is 0. The Bertz CT molecular complexity index is 465. The number of hydrogen-bond donors (Lipinski definition) is 2. The summed E-state index contributed by atoms with van der Waals surface area (Å²) in [6, 6.07) is 6.39. The summed E-state index contributed by atoms with van der Waals surface area (Å²) in [6.07, 6.45) is 0.106. The Morgan fingerprint density at radius 3 is 2.17 bits per heavy atom. The van der Waals surface area contributed by atoms with Crippen LogP contribution in [0.3, 0.4) is 0 Å². The molecule has 2 atom stereocenters. The van der Waals surface area contributed by atoms with Crippen molar-refractivity contribution in [3.05, 3.63) is 29.8 Å².